The van der Waals surface area contributed by atoms with Crippen LogP contribution in [0.3, 0.4) is 0 Å². The molecular formula is C22H25N3OS. The summed E-state index contributed by atoms with van der Waals surface area (Å²) in [5.41, 5.74) is 2.74. The van der Waals surface area contributed by atoms with Crippen LogP contribution in [0.4, 0.5) is 11.4 Å². The summed E-state index contributed by atoms with van der Waals surface area (Å²) in [7, 11) is 0. The van der Waals surface area contributed by atoms with Crippen molar-refractivity contribution in [3.8, 4) is 0 Å². The summed E-state index contributed by atoms with van der Waals surface area (Å²) >= 11 is 5.75. The van der Waals surface area contributed by atoms with Gasteiger partial charge in [-0.15, -0.1) is 0 Å². The topological polar surface area (TPSA) is 36.9 Å². The molecule has 1 N–H and O–H groups in total. The lowest BCUT2D eigenvalue weighted by Crippen LogP contribution is -2.60. The zero-order valence-electron chi connectivity index (χ0n) is 16.0. The van der Waals surface area contributed by atoms with E-state index in [1.165, 1.54) is 5.56 Å². The van der Waals surface area contributed by atoms with Gasteiger partial charge in [-0.3, -0.25) is 0 Å². The standard InChI is InChI=1S/C22H25N3OS/c1-16-8-7-11-18(14-16)25-20(27)24-19(23-17-9-5-4-6-10-17)22(25)12-13-26-21(2,3)15-22/h4-11,14H,12-13,15H2,1-3H3,(H,23,24,27)/t22-/m1/s1. The van der Waals surface area contributed by atoms with Gasteiger partial charge >= 0.3 is 0 Å². The van der Waals surface area contributed by atoms with Crippen molar-refractivity contribution >= 4 is 34.5 Å². The Hall–Kier alpha value is -2.24. The van der Waals surface area contributed by atoms with Gasteiger partial charge in [0, 0.05) is 30.8 Å². The molecule has 2 aromatic carbocycles. The maximum atomic E-state index is 6.04. The molecule has 140 valence electrons. The van der Waals surface area contributed by atoms with Crippen LogP contribution in [0.5, 0.6) is 0 Å². The van der Waals surface area contributed by atoms with E-state index >= 15 is 0 Å². The van der Waals surface area contributed by atoms with Gasteiger partial charge in [-0.1, -0.05) is 30.3 Å². The minimum atomic E-state index is -0.331. The van der Waals surface area contributed by atoms with E-state index in [0.29, 0.717) is 11.7 Å². The molecule has 2 aromatic rings. The van der Waals surface area contributed by atoms with Crippen molar-refractivity contribution in [3.05, 3.63) is 60.2 Å². The molecule has 1 saturated heterocycles. The van der Waals surface area contributed by atoms with Crippen molar-refractivity contribution < 1.29 is 4.74 Å². The van der Waals surface area contributed by atoms with E-state index < -0.39 is 0 Å². The molecule has 2 aliphatic rings. The molecular weight excluding hydrogens is 354 g/mol. The number of nitrogens with zero attached hydrogens (tertiary/aromatic N) is 2. The lowest BCUT2D eigenvalue weighted by atomic mass is 9.79. The van der Waals surface area contributed by atoms with Gasteiger partial charge in [0.1, 0.15) is 11.4 Å². The van der Waals surface area contributed by atoms with E-state index in [-0.39, 0.29) is 11.1 Å². The molecule has 1 atom stereocenters. The normalized spacial score (nSPS) is 24.2. The summed E-state index contributed by atoms with van der Waals surface area (Å²) in [5.74, 6) is 0.914. The molecule has 5 heteroatoms. The summed E-state index contributed by atoms with van der Waals surface area (Å²) in [6.45, 7) is 7.06. The SMILES string of the molecule is Cc1cccc(N2C(=S)N=C(Nc3ccccc3)[C@]23CCOC(C)(C)C3)c1. The minimum Gasteiger partial charge on any atom is -0.375 e. The van der Waals surface area contributed by atoms with Crippen molar-refractivity contribution in [2.24, 2.45) is 4.99 Å². The van der Waals surface area contributed by atoms with Crippen LogP contribution in [0, 0.1) is 6.92 Å². The highest BCUT2D eigenvalue weighted by Crippen LogP contribution is 2.43. The van der Waals surface area contributed by atoms with Crippen LogP contribution in [0.1, 0.15) is 32.3 Å². The van der Waals surface area contributed by atoms with Crippen molar-refractivity contribution in [1.82, 2.24) is 0 Å². The van der Waals surface area contributed by atoms with E-state index in [9.17, 15) is 0 Å². The second kappa shape index (κ2) is 6.73. The number of hydrogen-bond donors (Lipinski definition) is 1. The fraction of sp³-hybridized carbons (Fsp3) is 0.364. The van der Waals surface area contributed by atoms with Gasteiger partial charge in [0.25, 0.3) is 0 Å². The molecule has 2 heterocycles. The van der Waals surface area contributed by atoms with Gasteiger partial charge in [0.2, 0.25) is 5.11 Å². The Balaban J connectivity index is 1.79. The van der Waals surface area contributed by atoms with Crippen LogP contribution in [0.15, 0.2) is 59.6 Å². The average molecular weight is 380 g/mol. The number of rotatable bonds is 2. The molecule has 0 unspecified atom stereocenters. The van der Waals surface area contributed by atoms with E-state index in [2.05, 4.69) is 67.4 Å². The first-order valence-electron chi connectivity index (χ1n) is 9.36. The maximum Gasteiger partial charge on any atom is 0.202 e. The van der Waals surface area contributed by atoms with Crippen LogP contribution >= 0.6 is 12.2 Å². The number of amidine groups is 1. The first kappa shape index (κ1) is 18.1. The smallest absolute Gasteiger partial charge is 0.202 e. The van der Waals surface area contributed by atoms with Crippen LogP contribution in [0.2, 0.25) is 0 Å². The molecule has 1 spiro atoms. The van der Waals surface area contributed by atoms with Gasteiger partial charge < -0.3 is 15.0 Å². The third-order valence-corrected chi connectivity index (χ3v) is 5.56. The molecule has 4 rings (SSSR count). The van der Waals surface area contributed by atoms with Crippen LogP contribution in [-0.2, 0) is 4.74 Å². The summed E-state index contributed by atoms with van der Waals surface area (Å²) in [4.78, 5) is 7.05. The molecule has 0 bridgehead atoms. The first-order chi connectivity index (χ1) is 12.9. The van der Waals surface area contributed by atoms with E-state index in [1.54, 1.807) is 0 Å². The molecule has 27 heavy (non-hydrogen) atoms. The van der Waals surface area contributed by atoms with Crippen molar-refractivity contribution in [3.63, 3.8) is 0 Å². The van der Waals surface area contributed by atoms with E-state index in [4.69, 9.17) is 21.9 Å². The van der Waals surface area contributed by atoms with Gasteiger partial charge in [0.05, 0.1) is 5.60 Å². The maximum absolute atomic E-state index is 6.04. The van der Waals surface area contributed by atoms with E-state index in [1.807, 2.05) is 18.2 Å². The number of thiocarbonyl (C=S) groups is 1. The van der Waals surface area contributed by atoms with Gasteiger partial charge in [-0.05, 0) is 62.8 Å². The van der Waals surface area contributed by atoms with Crippen LogP contribution in [0.25, 0.3) is 0 Å². The number of para-hydroxylation sites is 1. The zero-order valence-corrected chi connectivity index (χ0v) is 16.8. The quantitative estimate of drug-likeness (QED) is 0.750. The summed E-state index contributed by atoms with van der Waals surface area (Å²) in [5, 5.41) is 4.16. The monoisotopic (exact) mass is 379 g/mol. The van der Waals surface area contributed by atoms with Crippen molar-refractivity contribution in [2.45, 2.75) is 44.8 Å². The largest absolute Gasteiger partial charge is 0.375 e. The Morgan fingerprint density at radius 2 is 1.89 bits per heavy atom. The molecule has 2 aliphatic heterocycles. The number of anilines is 2. The number of ether oxygens (including phenoxy) is 1. The zero-order chi connectivity index (χ0) is 19.1. The highest BCUT2D eigenvalue weighted by molar-refractivity contribution is 7.80. The fourth-order valence-corrected chi connectivity index (χ4v) is 4.57. The lowest BCUT2D eigenvalue weighted by molar-refractivity contribution is -0.0661. The number of nitrogens with one attached hydrogen (secondary N) is 1. The third-order valence-electron chi connectivity index (χ3n) is 5.29. The molecule has 0 amide bonds. The van der Waals surface area contributed by atoms with Crippen molar-refractivity contribution in [1.29, 1.82) is 0 Å². The predicted molar refractivity (Wildman–Crippen MR) is 116 cm³/mol. The number of aryl methyl sites for hydroxylation is 1. The summed E-state index contributed by atoms with van der Waals surface area (Å²) in [6.07, 6.45) is 1.65. The Bertz CT molecular complexity index is 893. The summed E-state index contributed by atoms with van der Waals surface area (Å²) in [6, 6.07) is 18.6. The average Bonchev–Trinajstić information content (AvgIpc) is 2.85. The fourth-order valence-electron chi connectivity index (χ4n) is 4.20. The van der Waals surface area contributed by atoms with E-state index in [0.717, 1.165) is 30.1 Å². The lowest BCUT2D eigenvalue weighted by Gasteiger charge is -2.48. The molecule has 1 fully saturated rings. The Morgan fingerprint density at radius 3 is 2.59 bits per heavy atom. The van der Waals surface area contributed by atoms with Crippen LogP contribution < -0.4 is 10.2 Å². The number of hydrogen-bond acceptors (Lipinski definition) is 3. The second-order valence-electron chi connectivity index (χ2n) is 7.97. The van der Waals surface area contributed by atoms with Gasteiger partial charge in [0.15, 0.2) is 0 Å². The predicted octanol–water partition coefficient (Wildman–Crippen LogP) is 4.94. The molecule has 0 aromatic heterocycles. The number of benzene rings is 2. The van der Waals surface area contributed by atoms with Gasteiger partial charge in [-0.2, -0.15) is 0 Å². The third kappa shape index (κ3) is 3.37. The molecule has 0 aliphatic carbocycles. The molecule has 0 saturated carbocycles. The second-order valence-corrected chi connectivity index (χ2v) is 8.34. The number of aliphatic imine (C=N–C) groups is 1. The highest BCUT2D eigenvalue weighted by atomic mass is 32.1. The van der Waals surface area contributed by atoms with Gasteiger partial charge in [-0.25, -0.2) is 4.99 Å². The summed E-state index contributed by atoms with van der Waals surface area (Å²) < 4.78 is 6.04. The van der Waals surface area contributed by atoms with Crippen LogP contribution in [-0.4, -0.2) is 28.7 Å². The Labute approximate surface area is 166 Å². The first-order valence-corrected chi connectivity index (χ1v) is 9.77. The molecule has 0 radical (unpaired) electrons. The van der Waals surface area contributed by atoms with Crippen molar-refractivity contribution in [2.75, 3.05) is 16.8 Å². The Kier molecular flexibility index (Phi) is 4.52. The Morgan fingerprint density at radius 1 is 1.11 bits per heavy atom. The minimum absolute atomic E-state index is 0.251. The molecule has 4 nitrogen and oxygen atoms in total. The highest BCUT2D eigenvalue weighted by Gasteiger charge is 2.53.